The zero-order chi connectivity index (χ0) is 17.1. The van der Waals surface area contributed by atoms with Crippen LogP contribution >= 0.6 is 27.7 Å². The summed E-state index contributed by atoms with van der Waals surface area (Å²) in [5.41, 5.74) is 0.934. The Morgan fingerprint density at radius 3 is 2.54 bits per heavy atom. The van der Waals surface area contributed by atoms with Crippen LogP contribution < -0.4 is 10.1 Å². The van der Waals surface area contributed by atoms with Crippen LogP contribution in [0.1, 0.15) is 15.9 Å². The minimum Gasteiger partial charge on any atom is -0.422 e. The minimum absolute atomic E-state index is 0.245. The molecular formula is C17H10BrNO4S. The van der Waals surface area contributed by atoms with E-state index < -0.39 is 17.1 Å². The number of hydrogen-bond donors (Lipinski definition) is 1. The minimum atomic E-state index is -0.503. The number of benzene rings is 2. The maximum Gasteiger partial charge on any atom is 0.343 e. The summed E-state index contributed by atoms with van der Waals surface area (Å²) in [5, 5.41) is 1.76. The molecule has 0 saturated carbocycles. The van der Waals surface area contributed by atoms with E-state index >= 15 is 0 Å². The van der Waals surface area contributed by atoms with Crippen LogP contribution in [0.15, 0.2) is 57.9 Å². The first-order chi connectivity index (χ1) is 11.5. The van der Waals surface area contributed by atoms with E-state index in [9.17, 15) is 14.4 Å². The van der Waals surface area contributed by atoms with Gasteiger partial charge in [-0.05, 0) is 48.2 Å². The van der Waals surface area contributed by atoms with Gasteiger partial charge in [0.05, 0.1) is 10.5 Å². The van der Waals surface area contributed by atoms with E-state index in [0.717, 1.165) is 16.2 Å². The molecule has 0 spiro atoms. The van der Waals surface area contributed by atoms with Crippen molar-refractivity contribution in [2.24, 2.45) is 0 Å². The maximum atomic E-state index is 12.2. The predicted octanol–water partition coefficient (Wildman–Crippen LogP) is 3.99. The third kappa shape index (κ3) is 3.74. The molecule has 1 aliphatic rings. The van der Waals surface area contributed by atoms with Crippen LogP contribution in [0.3, 0.4) is 0 Å². The summed E-state index contributed by atoms with van der Waals surface area (Å²) >= 11 is 4.14. The van der Waals surface area contributed by atoms with Crippen LogP contribution in [0.2, 0.25) is 0 Å². The van der Waals surface area contributed by atoms with E-state index in [1.165, 1.54) is 6.08 Å². The Balaban J connectivity index is 1.92. The fraction of sp³-hybridized carbons (Fsp3) is 0. The topological polar surface area (TPSA) is 72.5 Å². The number of esters is 1. The molecule has 2 aromatic carbocycles. The Bertz CT molecular complexity index is 864. The van der Waals surface area contributed by atoms with Gasteiger partial charge in [-0.2, -0.15) is 0 Å². The molecule has 0 radical (unpaired) electrons. The van der Waals surface area contributed by atoms with Gasteiger partial charge in [-0.3, -0.25) is 14.9 Å². The first kappa shape index (κ1) is 16.5. The Kier molecular flexibility index (Phi) is 4.82. The number of rotatable bonds is 3. The van der Waals surface area contributed by atoms with E-state index in [1.54, 1.807) is 48.5 Å². The normalized spacial score (nSPS) is 15.5. The molecular weight excluding hydrogens is 394 g/mol. The molecule has 0 aliphatic carbocycles. The summed E-state index contributed by atoms with van der Waals surface area (Å²) < 4.78 is 6.18. The molecule has 3 rings (SSSR count). The number of carbonyl (C=O) groups excluding carboxylic acids is 3. The average Bonchev–Trinajstić information content (AvgIpc) is 2.88. The lowest BCUT2D eigenvalue weighted by atomic mass is 10.1. The van der Waals surface area contributed by atoms with Gasteiger partial charge >= 0.3 is 5.97 Å². The molecule has 0 bridgehead atoms. The lowest BCUT2D eigenvalue weighted by Crippen LogP contribution is -2.17. The monoisotopic (exact) mass is 403 g/mol. The van der Waals surface area contributed by atoms with E-state index in [-0.39, 0.29) is 4.91 Å². The lowest BCUT2D eigenvalue weighted by Gasteiger charge is -2.08. The highest BCUT2D eigenvalue weighted by molar-refractivity contribution is 9.10. The van der Waals surface area contributed by atoms with Gasteiger partial charge in [0.2, 0.25) is 0 Å². The van der Waals surface area contributed by atoms with Crippen molar-refractivity contribution >= 4 is 50.9 Å². The van der Waals surface area contributed by atoms with Gasteiger partial charge < -0.3 is 4.74 Å². The van der Waals surface area contributed by atoms with Crippen LogP contribution in [0.4, 0.5) is 4.79 Å². The van der Waals surface area contributed by atoms with Gasteiger partial charge in [0.15, 0.2) is 0 Å². The SMILES string of the molecule is O=C1NC(=O)/C(=C/c2cc(Br)ccc2OC(=O)c2ccccc2)S1. The molecule has 120 valence electrons. The zero-order valence-electron chi connectivity index (χ0n) is 12.1. The number of carbonyl (C=O) groups is 3. The van der Waals surface area contributed by atoms with Gasteiger partial charge in [0, 0.05) is 10.0 Å². The molecule has 0 aromatic heterocycles. The quantitative estimate of drug-likeness (QED) is 0.476. The van der Waals surface area contributed by atoms with Crippen molar-refractivity contribution in [1.82, 2.24) is 5.32 Å². The van der Waals surface area contributed by atoms with Crippen LogP contribution in [0, 0.1) is 0 Å². The van der Waals surface area contributed by atoms with Crippen molar-refractivity contribution in [3.8, 4) is 5.75 Å². The summed E-state index contributed by atoms with van der Waals surface area (Å²) in [6.07, 6.45) is 1.52. The fourth-order valence-electron chi connectivity index (χ4n) is 2.02. The van der Waals surface area contributed by atoms with Crippen LogP contribution in [-0.4, -0.2) is 17.1 Å². The second-order valence-corrected chi connectivity index (χ2v) is 6.72. The molecule has 1 N–H and O–H groups in total. The molecule has 1 saturated heterocycles. The van der Waals surface area contributed by atoms with Crippen LogP contribution in [0.5, 0.6) is 5.75 Å². The van der Waals surface area contributed by atoms with E-state index in [1.807, 2.05) is 0 Å². The molecule has 0 atom stereocenters. The number of ether oxygens (including phenoxy) is 1. The zero-order valence-corrected chi connectivity index (χ0v) is 14.5. The Hall–Kier alpha value is -2.38. The molecule has 2 aromatic rings. The largest absolute Gasteiger partial charge is 0.422 e. The van der Waals surface area contributed by atoms with Gasteiger partial charge in [-0.15, -0.1) is 0 Å². The lowest BCUT2D eigenvalue weighted by molar-refractivity contribution is -0.115. The highest BCUT2D eigenvalue weighted by Gasteiger charge is 2.25. The number of nitrogens with one attached hydrogen (secondary N) is 1. The first-order valence-electron chi connectivity index (χ1n) is 6.84. The number of amides is 2. The maximum absolute atomic E-state index is 12.2. The van der Waals surface area contributed by atoms with Crippen molar-refractivity contribution in [2.75, 3.05) is 0 Å². The van der Waals surface area contributed by atoms with Crippen LogP contribution in [-0.2, 0) is 4.79 Å². The molecule has 1 aliphatic heterocycles. The molecule has 1 heterocycles. The number of halogens is 1. The van der Waals surface area contributed by atoms with E-state index in [4.69, 9.17) is 4.74 Å². The molecule has 0 unspecified atom stereocenters. The van der Waals surface area contributed by atoms with Gasteiger partial charge in [-0.25, -0.2) is 4.79 Å². The molecule has 5 nitrogen and oxygen atoms in total. The van der Waals surface area contributed by atoms with Crippen molar-refractivity contribution in [3.63, 3.8) is 0 Å². The number of hydrogen-bond acceptors (Lipinski definition) is 5. The highest BCUT2D eigenvalue weighted by Crippen LogP contribution is 2.31. The number of thioether (sulfide) groups is 1. The molecule has 7 heteroatoms. The smallest absolute Gasteiger partial charge is 0.343 e. The Morgan fingerprint density at radius 1 is 1.12 bits per heavy atom. The Labute approximate surface area is 150 Å². The van der Waals surface area contributed by atoms with Gasteiger partial charge in [0.1, 0.15) is 5.75 Å². The summed E-state index contributed by atoms with van der Waals surface area (Å²) in [7, 11) is 0. The summed E-state index contributed by atoms with van der Waals surface area (Å²) in [4.78, 5) is 35.4. The van der Waals surface area contributed by atoms with Gasteiger partial charge in [0.25, 0.3) is 11.1 Å². The van der Waals surface area contributed by atoms with Crippen LogP contribution in [0.25, 0.3) is 6.08 Å². The molecule has 2 amide bonds. The summed E-state index contributed by atoms with van der Waals surface area (Å²) in [6, 6.07) is 13.6. The van der Waals surface area contributed by atoms with Crippen molar-refractivity contribution < 1.29 is 19.1 Å². The van der Waals surface area contributed by atoms with Crippen molar-refractivity contribution in [3.05, 3.63) is 69.0 Å². The second-order valence-electron chi connectivity index (χ2n) is 4.79. The van der Waals surface area contributed by atoms with Gasteiger partial charge in [-0.1, -0.05) is 34.1 Å². The predicted molar refractivity (Wildman–Crippen MR) is 94.6 cm³/mol. The molecule has 1 fully saturated rings. The van der Waals surface area contributed by atoms with E-state index in [0.29, 0.717) is 16.9 Å². The fourth-order valence-corrected chi connectivity index (χ4v) is 3.07. The van der Waals surface area contributed by atoms with Crippen molar-refractivity contribution in [2.45, 2.75) is 0 Å². The van der Waals surface area contributed by atoms with Crippen molar-refractivity contribution in [1.29, 1.82) is 0 Å². The third-order valence-corrected chi connectivity index (χ3v) is 4.42. The summed E-state index contributed by atoms with van der Waals surface area (Å²) in [5.74, 6) is -0.671. The third-order valence-electron chi connectivity index (χ3n) is 3.11. The summed E-state index contributed by atoms with van der Waals surface area (Å²) in [6.45, 7) is 0. The second kappa shape index (κ2) is 7.02. The molecule has 24 heavy (non-hydrogen) atoms. The Morgan fingerprint density at radius 2 is 1.88 bits per heavy atom. The average molecular weight is 404 g/mol. The highest BCUT2D eigenvalue weighted by atomic mass is 79.9. The standard InChI is InChI=1S/C17H10BrNO4S/c18-12-6-7-13(23-16(21)10-4-2-1-3-5-10)11(8-12)9-14-15(20)19-17(22)24-14/h1-9H,(H,19,20,22)/b14-9-. The first-order valence-corrected chi connectivity index (χ1v) is 8.45. The number of imide groups is 1. The van der Waals surface area contributed by atoms with E-state index in [2.05, 4.69) is 21.2 Å².